The van der Waals surface area contributed by atoms with Crippen molar-refractivity contribution < 1.29 is 18.3 Å². The minimum Gasteiger partial charge on any atom is -0.487 e. The summed E-state index contributed by atoms with van der Waals surface area (Å²) >= 11 is 0. The number of carbonyl (C=O) groups excluding carboxylic acids is 1. The van der Waals surface area contributed by atoms with E-state index in [2.05, 4.69) is 4.90 Å². The molecule has 6 heteroatoms. The molecule has 4 nitrogen and oxygen atoms in total. The van der Waals surface area contributed by atoms with E-state index in [0.29, 0.717) is 11.1 Å². The fourth-order valence-electron chi connectivity index (χ4n) is 5.08. The van der Waals surface area contributed by atoms with Crippen molar-refractivity contribution in [2.75, 3.05) is 13.1 Å². The van der Waals surface area contributed by atoms with Crippen LogP contribution in [0.1, 0.15) is 54.4 Å². The van der Waals surface area contributed by atoms with E-state index in [1.54, 1.807) is 0 Å². The van der Waals surface area contributed by atoms with Crippen LogP contribution >= 0.6 is 0 Å². The standard InChI is InChI=1S/C24H26F2N2O2/c25-19-13-17(14-20(26)22(19)23(27)29)15-4-5-21-16(12-15)6-7-24(30-21)8-10-28(11-9-24)18-2-1-3-18/h4-5,12-14,18H,1-3,6-11H2,(H2,27,29). The highest BCUT2D eigenvalue weighted by Gasteiger charge is 2.41. The second kappa shape index (κ2) is 7.34. The van der Waals surface area contributed by atoms with E-state index in [9.17, 15) is 13.6 Å². The molecule has 3 aliphatic rings. The molecule has 2 aliphatic heterocycles. The molecule has 2 aromatic carbocycles. The first-order chi connectivity index (χ1) is 14.4. The normalized spacial score (nSPS) is 21.0. The van der Waals surface area contributed by atoms with Crippen molar-refractivity contribution in [1.82, 2.24) is 4.90 Å². The molecule has 1 amide bonds. The van der Waals surface area contributed by atoms with Gasteiger partial charge < -0.3 is 15.4 Å². The van der Waals surface area contributed by atoms with Gasteiger partial charge in [0.25, 0.3) is 5.91 Å². The van der Waals surface area contributed by atoms with Crippen LogP contribution in [0.4, 0.5) is 8.78 Å². The Kier molecular flexibility index (Phi) is 4.77. The molecular weight excluding hydrogens is 386 g/mol. The van der Waals surface area contributed by atoms with E-state index in [0.717, 1.165) is 68.3 Å². The molecule has 158 valence electrons. The summed E-state index contributed by atoms with van der Waals surface area (Å²) < 4.78 is 34.8. The summed E-state index contributed by atoms with van der Waals surface area (Å²) in [6.07, 6.45) is 7.98. The Hall–Kier alpha value is -2.47. The number of likely N-dealkylation sites (tertiary alicyclic amines) is 1. The largest absolute Gasteiger partial charge is 0.487 e. The second-order valence-corrected chi connectivity index (χ2v) is 8.91. The molecule has 1 saturated heterocycles. The van der Waals surface area contributed by atoms with Gasteiger partial charge in [-0.1, -0.05) is 12.5 Å². The van der Waals surface area contributed by atoms with Crippen LogP contribution in [0.25, 0.3) is 11.1 Å². The van der Waals surface area contributed by atoms with E-state index in [4.69, 9.17) is 10.5 Å². The van der Waals surface area contributed by atoms with E-state index < -0.39 is 23.1 Å². The molecule has 0 unspecified atom stereocenters. The van der Waals surface area contributed by atoms with Gasteiger partial charge in [0.15, 0.2) is 0 Å². The van der Waals surface area contributed by atoms with Crippen molar-refractivity contribution in [1.29, 1.82) is 0 Å². The van der Waals surface area contributed by atoms with Crippen LogP contribution < -0.4 is 10.5 Å². The summed E-state index contributed by atoms with van der Waals surface area (Å²) in [6, 6.07) is 8.76. The molecule has 0 bridgehead atoms. The summed E-state index contributed by atoms with van der Waals surface area (Å²) in [5, 5.41) is 0. The maximum absolute atomic E-state index is 14.2. The van der Waals surface area contributed by atoms with Crippen molar-refractivity contribution in [3.8, 4) is 16.9 Å². The number of halogens is 2. The molecule has 2 aromatic rings. The van der Waals surface area contributed by atoms with E-state index in [-0.39, 0.29) is 5.60 Å². The number of ether oxygens (including phenoxy) is 1. The first kappa shape index (κ1) is 19.5. The molecule has 1 spiro atoms. The lowest BCUT2D eigenvalue weighted by atomic mass is 9.81. The number of amides is 1. The molecule has 2 fully saturated rings. The van der Waals surface area contributed by atoms with Crippen LogP contribution in [-0.2, 0) is 6.42 Å². The fraction of sp³-hybridized carbons (Fsp3) is 0.458. The Bertz CT molecular complexity index is 972. The lowest BCUT2D eigenvalue weighted by Gasteiger charge is -2.48. The number of nitrogens with two attached hydrogens (primary N) is 1. The SMILES string of the molecule is NC(=O)c1c(F)cc(-c2ccc3c(c2)CCC2(CCN(C4CCC4)CC2)O3)cc1F. The van der Waals surface area contributed by atoms with Gasteiger partial charge in [-0.15, -0.1) is 0 Å². The number of piperidine rings is 1. The molecule has 1 aliphatic carbocycles. The molecule has 2 N–H and O–H groups in total. The van der Waals surface area contributed by atoms with Gasteiger partial charge in [0.1, 0.15) is 28.5 Å². The number of hydrogen-bond acceptors (Lipinski definition) is 3. The molecule has 0 aromatic heterocycles. The van der Waals surface area contributed by atoms with Crippen LogP contribution in [0.15, 0.2) is 30.3 Å². The predicted octanol–water partition coefficient (Wildman–Crippen LogP) is 4.44. The number of fused-ring (bicyclic) bond motifs is 1. The van der Waals surface area contributed by atoms with Crippen LogP contribution in [-0.4, -0.2) is 35.5 Å². The highest BCUT2D eigenvalue weighted by molar-refractivity contribution is 5.94. The summed E-state index contributed by atoms with van der Waals surface area (Å²) in [5.74, 6) is -2.12. The third kappa shape index (κ3) is 3.37. The Morgan fingerprint density at radius 1 is 1.03 bits per heavy atom. The number of carbonyl (C=O) groups is 1. The van der Waals surface area contributed by atoms with Gasteiger partial charge in [-0.3, -0.25) is 4.79 Å². The van der Waals surface area contributed by atoms with Gasteiger partial charge in [-0.2, -0.15) is 0 Å². The monoisotopic (exact) mass is 412 g/mol. The van der Waals surface area contributed by atoms with Crippen LogP contribution in [0.2, 0.25) is 0 Å². The lowest BCUT2D eigenvalue weighted by molar-refractivity contribution is -0.0336. The number of rotatable bonds is 3. The first-order valence-corrected chi connectivity index (χ1v) is 10.8. The van der Waals surface area contributed by atoms with Crippen molar-refractivity contribution >= 4 is 5.91 Å². The summed E-state index contributed by atoms with van der Waals surface area (Å²) in [5.41, 5.74) is 6.41. The Labute approximate surface area is 175 Å². The molecule has 0 atom stereocenters. The summed E-state index contributed by atoms with van der Waals surface area (Å²) in [4.78, 5) is 13.9. The van der Waals surface area contributed by atoms with Crippen molar-refractivity contribution in [3.05, 3.63) is 53.1 Å². The van der Waals surface area contributed by atoms with Crippen LogP contribution in [0.3, 0.4) is 0 Å². The van der Waals surface area contributed by atoms with Gasteiger partial charge in [0, 0.05) is 19.1 Å². The second-order valence-electron chi connectivity index (χ2n) is 8.91. The van der Waals surface area contributed by atoms with Gasteiger partial charge in [0.05, 0.1) is 0 Å². The molecule has 30 heavy (non-hydrogen) atoms. The quantitative estimate of drug-likeness (QED) is 0.811. The zero-order valence-electron chi connectivity index (χ0n) is 16.9. The van der Waals surface area contributed by atoms with Gasteiger partial charge in [0.2, 0.25) is 0 Å². The number of nitrogens with zero attached hydrogens (tertiary/aromatic N) is 1. The highest BCUT2D eigenvalue weighted by atomic mass is 19.1. The maximum Gasteiger partial charge on any atom is 0.254 e. The van der Waals surface area contributed by atoms with Gasteiger partial charge in [-0.05, 0) is 79.5 Å². The van der Waals surface area contributed by atoms with E-state index in [1.807, 2.05) is 18.2 Å². The van der Waals surface area contributed by atoms with Crippen LogP contribution in [0, 0.1) is 11.6 Å². The number of aryl methyl sites for hydroxylation is 1. The Morgan fingerprint density at radius 2 is 1.73 bits per heavy atom. The molecule has 5 rings (SSSR count). The van der Waals surface area contributed by atoms with E-state index in [1.165, 1.54) is 19.3 Å². The number of primary amides is 1. The lowest BCUT2D eigenvalue weighted by Crippen LogP contribution is -2.53. The minimum atomic E-state index is -1.11. The third-order valence-electron chi connectivity index (χ3n) is 7.16. The zero-order valence-corrected chi connectivity index (χ0v) is 16.9. The van der Waals surface area contributed by atoms with Crippen molar-refractivity contribution in [2.24, 2.45) is 5.73 Å². The van der Waals surface area contributed by atoms with Crippen LogP contribution in [0.5, 0.6) is 5.75 Å². The summed E-state index contributed by atoms with van der Waals surface area (Å²) in [7, 11) is 0. The molecule has 2 heterocycles. The molecule has 1 saturated carbocycles. The number of benzene rings is 2. The average molecular weight is 412 g/mol. The van der Waals surface area contributed by atoms with Gasteiger partial charge >= 0.3 is 0 Å². The smallest absolute Gasteiger partial charge is 0.254 e. The average Bonchev–Trinajstić information content (AvgIpc) is 2.67. The van der Waals surface area contributed by atoms with Crippen molar-refractivity contribution in [2.45, 2.75) is 56.6 Å². The topological polar surface area (TPSA) is 55.6 Å². The van der Waals surface area contributed by atoms with Gasteiger partial charge in [-0.25, -0.2) is 8.78 Å². The Balaban J connectivity index is 1.35. The fourth-order valence-corrected chi connectivity index (χ4v) is 5.08. The third-order valence-corrected chi connectivity index (χ3v) is 7.16. The van der Waals surface area contributed by atoms with Crippen molar-refractivity contribution in [3.63, 3.8) is 0 Å². The molecular formula is C24H26F2N2O2. The molecule has 0 radical (unpaired) electrons. The summed E-state index contributed by atoms with van der Waals surface area (Å²) in [6.45, 7) is 2.20. The zero-order chi connectivity index (χ0) is 20.9. The maximum atomic E-state index is 14.2. The van der Waals surface area contributed by atoms with E-state index >= 15 is 0 Å². The predicted molar refractivity (Wildman–Crippen MR) is 110 cm³/mol. The Morgan fingerprint density at radius 3 is 2.33 bits per heavy atom. The minimum absolute atomic E-state index is 0.0872. The first-order valence-electron chi connectivity index (χ1n) is 10.8. The highest BCUT2D eigenvalue weighted by Crippen LogP contribution is 2.42. The number of hydrogen-bond donors (Lipinski definition) is 1.